The van der Waals surface area contributed by atoms with E-state index in [0.29, 0.717) is 24.1 Å². The number of primary sulfonamides is 1. The van der Waals surface area contributed by atoms with Gasteiger partial charge in [-0.1, -0.05) is 19.9 Å². The molecule has 6 heteroatoms. The molecule has 0 bridgehead atoms. The van der Waals surface area contributed by atoms with Crippen molar-refractivity contribution in [3.8, 4) is 0 Å². The van der Waals surface area contributed by atoms with Crippen molar-refractivity contribution in [2.24, 2.45) is 5.14 Å². The topological polar surface area (TPSA) is 80.5 Å². The van der Waals surface area contributed by atoms with Crippen LogP contribution in [0.4, 0.5) is 0 Å². The van der Waals surface area contributed by atoms with Crippen LogP contribution in [0, 0.1) is 0 Å². The van der Waals surface area contributed by atoms with E-state index in [-0.39, 0.29) is 10.8 Å². The second-order valence-corrected chi connectivity index (χ2v) is 5.98. The van der Waals surface area contributed by atoms with Gasteiger partial charge in [0.05, 0.1) is 4.90 Å². The second kappa shape index (κ2) is 6.16. The molecule has 1 aromatic rings. The highest BCUT2D eigenvalue weighted by Crippen LogP contribution is 2.18. The van der Waals surface area contributed by atoms with Crippen LogP contribution < -0.4 is 5.14 Å². The molecule has 19 heavy (non-hydrogen) atoms. The van der Waals surface area contributed by atoms with Gasteiger partial charge in [-0.3, -0.25) is 4.79 Å². The highest BCUT2D eigenvalue weighted by molar-refractivity contribution is 7.89. The molecule has 0 unspecified atom stereocenters. The molecule has 0 heterocycles. The number of carbonyl (C=O) groups excluding carboxylic acids is 1. The van der Waals surface area contributed by atoms with Crippen LogP contribution in [0.1, 0.15) is 36.2 Å². The fourth-order valence-corrected chi connectivity index (χ4v) is 2.77. The molecule has 1 rings (SSSR count). The van der Waals surface area contributed by atoms with Gasteiger partial charge in [-0.05, 0) is 30.5 Å². The van der Waals surface area contributed by atoms with Crippen LogP contribution in [-0.4, -0.2) is 32.8 Å². The van der Waals surface area contributed by atoms with Crippen LogP contribution in [0.25, 0.3) is 0 Å². The van der Waals surface area contributed by atoms with Gasteiger partial charge in [0.2, 0.25) is 10.0 Å². The van der Waals surface area contributed by atoms with E-state index in [0.717, 1.165) is 6.42 Å². The summed E-state index contributed by atoms with van der Waals surface area (Å²) in [5.41, 5.74) is 0.967. The lowest BCUT2D eigenvalue weighted by Crippen LogP contribution is -2.27. The molecule has 1 amide bonds. The first-order chi connectivity index (χ1) is 8.81. The van der Waals surface area contributed by atoms with Crippen LogP contribution in [0.3, 0.4) is 0 Å². The van der Waals surface area contributed by atoms with Crippen molar-refractivity contribution >= 4 is 15.9 Å². The molecule has 0 aliphatic rings. The average molecular weight is 284 g/mol. The molecule has 0 saturated carbocycles. The minimum Gasteiger partial charge on any atom is -0.342 e. The van der Waals surface area contributed by atoms with Gasteiger partial charge in [0.25, 0.3) is 5.91 Å². The quantitative estimate of drug-likeness (QED) is 0.887. The molecule has 0 aromatic heterocycles. The minimum absolute atomic E-state index is 0.0331. The first-order valence-electron chi connectivity index (χ1n) is 6.22. The highest BCUT2D eigenvalue weighted by atomic mass is 32.2. The van der Waals surface area contributed by atoms with Gasteiger partial charge in [-0.15, -0.1) is 0 Å². The standard InChI is InChI=1S/C13H20N2O3S/c1-4-8-15(3)13(16)11-7-6-10(5-2)12(9-11)19(14,17)18/h6-7,9H,4-5,8H2,1-3H3,(H2,14,17,18). The number of hydrogen-bond acceptors (Lipinski definition) is 3. The Morgan fingerprint density at radius 1 is 1.32 bits per heavy atom. The summed E-state index contributed by atoms with van der Waals surface area (Å²) < 4.78 is 23.1. The lowest BCUT2D eigenvalue weighted by molar-refractivity contribution is 0.0795. The van der Waals surface area contributed by atoms with Crippen molar-refractivity contribution in [3.05, 3.63) is 29.3 Å². The third-order valence-corrected chi connectivity index (χ3v) is 3.90. The summed E-state index contributed by atoms with van der Waals surface area (Å²) in [6.45, 7) is 4.44. The maximum atomic E-state index is 12.1. The van der Waals surface area contributed by atoms with E-state index < -0.39 is 10.0 Å². The molecule has 0 fully saturated rings. The minimum atomic E-state index is -3.81. The Morgan fingerprint density at radius 3 is 2.42 bits per heavy atom. The summed E-state index contributed by atoms with van der Waals surface area (Å²) >= 11 is 0. The normalized spacial score (nSPS) is 11.4. The van der Waals surface area contributed by atoms with E-state index in [9.17, 15) is 13.2 Å². The van der Waals surface area contributed by atoms with E-state index in [1.54, 1.807) is 24.1 Å². The Hall–Kier alpha value is -1.40. The molecule has 1 aromatic carbocycles. The van der Waals surface area contributed by atoms with Crippen LogP contribution in [0.2, 0.25) is 0 Å². The van der Waals surface area contributed by atoms with Crippen LogP contribution >= 0.6 is 0 Å². The lowest BCUT2D eigenvalue weighted by atomic mass is 10.1. The van der Waals surface area contributed by atoms with Crippen molar-refractivity contribution in [1.29, 1.82) is 0 Å². The number of nitrogens with zero attached hydrogens (tertiary/aromatic N) is 1. The number of hydrogen-bond donors (Lipinski definition) is 1. The fourth-order valence-electron chi connectivity index (χ4n) is 1.90. The van der Waals surface area contributed by atoms with E-state index in [4.69, 9.17) is 5.14 Å². The van der Waals surface area contributed by atoms with Crippen molar-refractivity contribution in [3.63, 3.8) is 0 Å². The third-order valence-electron chi connectivity index (χ3n) is 2.91. The number of carbonyl (C=O) groups is 1. The van der Waals surface area contributed by atoms with Crippen molar-refractivity contribution in [2.45, 2.75) is 31.6 Å². The molecule has 106 valence electrons. The monoisotopic (exact) mass is 284 g/mol. The summed E-state index contributed by atoms with van der Waals surface area (Å²) in [7, 11) is -2.12. The average Bonchev–Trinajstić information content (AvgIpc) is 2.36. The summed E-state index contributed by atoms with van der Waals surface area (Å²) in [5.74, 6) is -0.200. The smallest absolute Gasteiger partial charge is 0.253 e. The zero-order valence-electron chi connectivity index (χ0n) is 11.5. The third kappa shape index (κ3) is 3.78. The maximum absolute atomic E-state index is 12.1. The maximum Gasteiger partial charge on any atom is 0.253 e. The molecule has 0 aliphatic carbocycles. The Bertz CT molecular complexity index is 567. The van der Waals surface area contributed by atoms with Gasteiger partial charge in [0.1, 0.15) is 0 Å². The molecule has 2 N–H and O–H groups in total. The van der Waals surface area contributed by atoms with Crippen LogP contribution in [0.5, 0.6) is 0 Å². The summed E-state index contributed by atoms with van der Waals surface area (Å²) in [6, 6.07) is 4.65. The molecule has 0 radical (unpaired) electrons. The van der Waals surface area contributed by atoms with Crippen LogP contribution in [-0.2, 0) is 16.4 Å². The fraction of sp³-hybridized carbons (Fsp3) is 0.462. The van der Waals surface area contributed by atoms with Gasteiger partial charge in [-0.2, -0.15) is 0 Å². The van der Waals surface area contributed by atoms with Gasteiger partial charge in [0.15, 0.2) is 0 Å². The van der Waals surface area contributed by atoms with Gasteiger partial charge in [-0.25, -0.2) is 13.6 Å². The van der Waals surface area contributed by atoms with Crippen molar-refractivity contribution in [1.82, 2.24) is 4.90 Å². The SMILES string of the molecule is CCCN(C)C(=O)c1ccc(CC)c(S(N)(=O)=O)c1. The van der Waals surface area contributed by atoms with Gasteiger partial charge < -0.3 is 4.90 Å². The van der Waals surface area contributed by atoms with Crippen molar-refractivity contribution < 1.29 is 13.2 Å². The number of nitrogens with two attached hydrogens (primary N) is 1. The Labute approximate surface area is 114 Å². The Balaban J connectivity index is 3.23. The summed E-state index contributed by atoms with van der Waals surface area (Å²) in [4.78, 5) is 13.7. The summed E-state index contributed by atoms with van der Waals surface area (Å²) in [6.07, 6.45) is 1.39. The number of aryl methyl sites for hydroxylation is 1. The molecule has 0 aliphatic heterocycles. The predicted octanol–water partition coefficient (Wildman–Crippen LogP) is 1.38. The molecule has 5 nitrogen and oxygen atoms in total. The molecule has 0 saturated heterocycles. The molecule has 0 atom stereocenters. The molecular formula is C13H20N2O3S. The largest absolute Gasteiger partial charge is 0.342 e. The Morgan fingerprint density at radius 2 is 1.95 bits per heavy atom. The zero-order chi connectivity index (χ0) is 14.6. The first kappa shape index (κ1) is 15.7. The van der Waals surface area contributed by atoms with E-state index in [2.05, 4.69) is 0 Å². The van der Waals surface area contributed by atoms with Gasteiger partial charge in [0, 0.05) is 19.2 Å². The lowest BCUT2D eigenvalue weighted by Gasteiger charge is -2.17. The summed E-state index contributed by atoms with van der Waals surface area (Å²) in [5, 5.41) is 5.18. The van der Waals surface area contributed by atoms with E-state index in [1.165, 1.54) is 6.07 Å². The van der Waals surface area contributed by atoms with E-state index in [1.807, 2.05) is 13.8 Å². The number of sulfonamides is 1. The second-order valence-electron chi connectivity index (χ2n) is 4.45. The first-order valence-corrected chi connectivity index (χ1v) is 7.77. The number of benzene rings is 1. The van der Waals surface area contributed by atoms with Gasteiger partial charge >= 0.3 is 0 Å². The molecule has 0 spiro atoms. The number of rotatable bonds is 5. The van der Waals surface area contributed by atoms with Crippen molar-refractivity contribution in [2.75, 3.05) is 13.6 Å². The van der Waals surface area contributed by atoms with Crippen LogP contribution in [0.15, 0.2) is 23.1 Å². The highest BCUT2D eigenvalue weighted by Gasteiger charge is 2.18. The number of amides is 1. The zero-order valence-corrected chi connectivity index (χ0v) is 12.3. The Kier molecular flexibility index (Phi) is 5.08. The molecular weight excluding hydrogens is 264 g/mol. The van der Waals surface area contributed by atoms with E-state index >= 15 is 0 Å². The predicted molar refractivity (Wildman–Crippen MR) is 74.4 cm³/mol.